The first-order chi connectivity index (χ1) is 32.1. The topological polar surface area (TPSA) is 62.5 Å². The number of nitriles is 1. The van der Waals surface area contributed by atoms with Gasteiger partial charge in [0.15, 0.2) is 17.5 Å². The average Bonchev–Trinajstić information content (AvgIpc) is 3.71. The summed E-state index contributed by atoms with van der Waals surface area (Å²) in [7, 11) is 0. The van der Waals surface area contributed by atoms with Crippen molar-refractivity contribution in [2.45, 2.75) is 6.92 Å². The van der Waals surface area contributed by atoms with Crippen LogP contribution < -0.4 is 0 Å². The number of fused-ring (bicyclic) bond motifs is 4. The molecule has 0 N–H and O–H groups in total. The lowest BCUT2D eigenvalue weighted by molar-refractivity contribution is 1.03. The molecule has 0 amide bonds. The van der Waals surface area contributed by atoms with E-state index < -0.39 is 0 Å². The number of hydrogen-bond acceptors (Lipinski definition) is 4. The molecule has 1 heterocycles. The smallest absolute Gasteiger partial charge is 0.164 e. The molecule has 0 radical (unpaired) electrons. The molecule has 0 saturated carbocycles. The number of benzene rings is 9. The maximum atomic E-state index is 10.8. The van der Waals surface area contributed by atoms with E-state index in [0.717, 1.165) is 77.9 Å². The van der Waals surface area contributed by atoms with Gasteiger partial charge in [-0.15, -0.1) is 0 Å². The fourth-order valence-electron chi connectivity index (χ4n) is 9.47. The third-order valence-corrected chi connectivity index (χ3v) is 12.4. The highest BCUT2D eigenvalue weighted by Crippen LogP contribution is 2.57. The Morgan fingerprint density at radius 1 is 0.462 bits per heavy atom. The van der Waals surface area contributed by atoms with Gasteiger partial charge in [0.05, 0.1) is 11.6 Å². The molecule has 0 bridgehead atoms. The van der Waals surface area contributed by atoms with Crippen LogP contribution in [-0.2, 0) is 0 Å². The SMILES string of the molecule is C=C/C=C\C=C(/C)c1nc(-c2ccccc2)nc(-c2ccc(-c3c(-c4ccc5c6c(cccc46)-c4c(-c6ccccc6)c(C#N)cc(-c6ccccc6)c4-5)ccc4ccccc34)cc2)n1. The van der Waals surface area contributed by atoms with Gasteiger partial charge in [0.25, 0.3) is 0 Å². The van der Waals surface area contributed by atoms with Crippen molar-refractivity contribution >= 4 is 27.1 Å². The molecule has 0 saturated heterocycles. The summed E-state index contributed by atoms with van der Waals surface area (Å²) in [6.45, 7) is 5.81. The minimum atomic E-state index is 0.607. The minimum Gasteiger partial charge on any atom is -0.209 e. The molecular formula is C61H40N4. The highest BCUT2D eigenvalue weighted by molar-refractivity contribution is 6.24. The predicted octanol–water partition coefficient (Wildman–Crippen LogP) is 15.8. The summed E-state index contributed by atoms with van der Waals surface area (Å²) < 4.78 is 0. The highest BCUT2D eigenvalue weighted by Gasteiger charge is 2.31. The Balaban J connectivity index is 1.10. The van der Waals surface area contributed by atoms with Crippen LogP contribution in [0.15, 0.2) is 219 Å². The van der Waals surface area contributed by atoms with Crippen LogP contribution in [0.25, 0.3) is 117 Å². The van der Waals surface area contributed by atoms with Crippen LogP contribution in [0.4, 0.5) is 0 Å². The predicted molar refractivity (Wildman–Crippen MR) is 270 cm³/mol. The molecule has 4 nitrogen and oxygen atoms in total. The molecule has 11 rings (SSSR count). The summed E-state index contributed by atoms with van der Waals surface area (Å²) in [5, 5.41) is 15.5. The van der Waals surface area contributed by atoms with E-state index >= 15 is 0 Å². The second kappa shape index (κ2) is 16.5. The summed E-state index contributed by atoms with van der Waals surface area (Å²) in [6.07, 6.45) is 7.58. The van der Waals surface area contributed by atoms with Crippen molar-refractivity contribution in [2.75, 3.05) is 0 Å². The van der Waals surface area contributed by atoms with E-state index in [-0.39, 0.29) is 0 Å². The van der Waals surface area contributed by atoms with Crippen molar-refractivity contribution < 1.29 is 0 Å². The molecule has 0 unspecified atom stereocenters. The first kappa shape index (κ1) is 39.1. The van der Waals surface area contributed by atoms with E-state index in [9.17, 15) is 5.26 Å². The maximum absolute atomic E-state index is 10.8. The van der Waals surface area contributed by atoms with E-state index in [1.165, 1.54) is 27.1 Å². The Morgan fingerprint density at radius 2 is 1.03 bits per heavy atom. The van der Waals surface area contributed by atoms with Gasteiger partial charge in [-0.05, 0) is 101 Å². The molecule has 0 fully saturated rings. The van der Waals surface area contributed by atoms with Gasteiger partial charge in [0.2, 0.25) is 0 Å². The first-order valence-corrected chi connectivity index (χ1v) is 21.8. The number of nitrogens with zero attached hydrogens (tertiary/aromatic N) is 4. The van der Waals surface area contributed by atoms with Crippen molar-refractivity contribution in [3.05, 3.63) is 230 Å². The summed E-state index contributed by atoms with van der Waals surface area (Å²) >= 11 is 0. The van der Waals surface area contributed by atoms with Crippen LogP contribution >= 0.6 is 0 Å². The van der Waals surface area contributed by atoms with Gasteiger partial charge in [-0.25, -0.2) is 15.0 Å². The van der Waals surface area contributed by atoms with Crippen molar-refractivity contribution in [3.8, 4) is 95.6 Å². The van der Waals surface area contributed by atoms with Crippen LogP contribution in [0.1, 0.15) is 18.3 Å². The van der Waals surface area contributed by atoms with E-state index in [4.69, 9.17) is 15.0 Å². The lowest BCUT2D eigenvalue weighted by Crippen LogP contribution is -2.02. The highest BCUT2D eigenvalue weighted by atomic mass is 15.0. The molecule has 304 valence electrons. The van der Waals surface area contributed by atoms with Crippen LogP contribution in [0.3, 0.4) is 0 Å². The van der Waals surface area contributed by atoms with Gasteiger partial charge >= 0.3 is 0 Å². The molecule has 1 aromatic heterocycles. The zero-order chi connectivity index (χ0) is 43.9. The number of rotatable bonds is 9. The molecule has 10 aromatic rings. The zero-order valence-electron chi connectivity index (χ0n) is 35.7. The molecule has 9 aromatic carbocycles. The van der Waals surface area contributed by atoms with Crippen LogP contribution in [0.5, 0.6) is 0 Å². The van der Waals surface area contributed by atoms with E-state index in [0.29, 0.717) is 23.0 Å². The third-order valence-electron chi connectivity index (χ3n) is 12.4. The molecule has 1 aliphatic rings. The number of allylic oxidation sites excluding steroid dienone is 5. The van der Waals surface area contributed by atoms with Crippen molar-refractivity contribution in [2.24, 2.45) is 0 Å². The molecule has 0 aliphatic heterocycles. The van der Waals surface area contributed by atoms with Gasteiger partial charge in [-0.1, -0.05) is 213 Å². The van der Waals surface area contributed by atoms with Gasteiger partial charge in [0, 0.05) is 16.7 Å². The lowest BCUT2D eigenvalue weighted by Gasteiger charge is -2.18. The zero-order valence-corrected chi connectivity index (χ0v) is 35.7. The summed E-state index contributed by atoms with van der Waals surface area (Å²) in [4.78, 5) is 14.9. The van der Waals surface area contributed by atoms with Crippen molar-refractivity contribution in [1.82, 2.24) is 15.0 Å². The summed E-state index contributed by atoms with van der Waals surface area (Å²) in [6, 6.07) is 68.6. The third kappa shape index (κ3) is 6.84. The van der Waals surface area contributed by atoms with E-state index in [1.54, 1.807) is 6.08 Å². The molecule has 0 atom stereocenters. The van der Waals surface area contributed by atoms with Crippen LogP contribution in [-0.4, -0.2) is 15.0 Å². The minimum absolute atomic E-state index is 0.607. The molecule has 4 heteroatoms. The number of hydrogen-bond donors (Lipinski definition) is 0. The Kier molecular flexibility index (Phi) is 9.92. The molecule has 0 spiro atoms. The normalized spacial score (nSPS) is 11.8. The van der Waals surface area contributed by atoms with Gasteiger partial charge in [-0.3, -0.25) is 0 Å². The van der Waals surface area contributed by atoms with E-state index in [1.807, 2.05) is 67.6 Å². The monoisotopic (exact) mass is 828 g/mol. The molecule has 1 aliphatic carbocycles. The fourth-order valence-corrected chi connectivity index (χ4v) is 9.47. The second-order valence-corrected chi connectivity index (χ2v) is 16.3. The molecular weight excluding hydrogens is 789 g/mol. The Hall–Kier alpha value is -8.78. The Labute approximate surface area is 378 Å². The summed E-state index contributed by atoms with van der Waals surface area (Å²) in [5.74, 6) is 1.85. The van der Waals surface area contributed by atoms with Crippen LogP contribution in [0, 0.1) is 11.3 Å². The standard InChI is InChI=1S/C61H40N4/c1-3-4-8-18-39(2)59-63-60(44-24-13-7-14-25-44)65-61(64-59)45-31-29-43(30-32-45)55-47-26-16-15-21-41(47)33-34-50(55)48-35-36-52-56-49(48)27-17-28-51(56)58-54(42-22-11-6-12-23-42)46(38-62)37-53(57(52)58)40-19-9-5-10-20-40/h3-37H,1H2,2H3/b8-4-,39-18+. The quantitative estimate of drug-likeness (QED) is 0.136. The summed E-state index contributed by atoms with van der Waals surface area (Å²) in [5.41, 5.74) is 16.7. The molecule has 65 heavy (non-hydrogen) atoms. The van der Waals surface area contributed by atoms with Crippen molar-refractivity contribution in [1.29, 1.82) is 5.26 Å². The van der Waals surface area contributed by atoms with Gasteiger partial charge in [0.1, 0.15) is 0 Å². The largest absolute Gasteiger partial charge is 0.209 e. The first-order valence-electron chi connectivity index (χ1n) is 21.8. The number of aromatic nitrogens is 3. The fraction of sp³-hybridized carbons (Fsp3) is 0.0164. The Bertz CT molecular complexity index is 3600. The van der Waals surface area contributed by atoms with E-state index in [2.05, 4.69) is 158 Å². The second-order valence-electron chi connectivity index (χ2n) is 16.3. The maximum Gasteiger partial charge on any atom is 0.164 e. The van der Waals surface area contributed by atoms with Crippen molar-refractivity contribution in [3.63, 3.8) is 0 Å². The van der Waals surface area contributed by atoms with Gasteiger partial charge in [-0.2, -0.15) is 5.26 Å². The lowest BCUT2D eigenvalue weighted by atomic mass is 9.84. The van der Waals surface area contributed by atoms with Gasteiger partial charge < -0.3 is 0 Å². The average molecular weight is 829 g/mol. The van der Waals surface area contributed by atoms with Crippen LogP contribution in [0.2, 0.25) is 0 Å². The Morgan fingerprint density at radius 3 is 1.74 bits per heavy atom.